The summed E-state index contributed by atoms with van der Waals surface area (Å²) in [6.45, 7) is 8.93. The molecule has 0 aromatic rings. The summed E-state index contributed by atoms with van der Waals surface area (Å²) in [6.07, 6.45) is 38.6. The summed E-state index contributed by atoms with van der Waals surface area (Å²) in [5.41, 5.74) is 6.93. The topological polar surface area (TPSA) is 96.7 Å². The normalized spacial score (nSPS) is 17.7. The second-order valence-electron chi connectivity index (χ2n) is 11.9. The minimum Gasteiger partial charge on any atom is -0.371 e. The Hall–Kier alpha value is -3.00. The molecule has 0 saturated heterocycles. The minimum atomic E-state index is -0.0972. The number of allylic oxidation sites excluding steroid dienone is 12. The van der Waals surface area contributed by atoms with Crippen molar-refractivity contribution in [2.75, 3.05) is 33.2 Å². The van der Waals surface area contributed by atoms with E-state index >= 15 is 0 Å². The molecule has 7 heteroatoms. The molecule has 0 radical (unpaired) electrons. The van der Waals surface area contributed by atoms with Gasteiger partial charge in [-0.3, -0.25) is 9.59 Å². The summed E-state index contributed by atoms with van der Waals surface area (Å²) < 4.78 is 6.14. The molecule has 1 aliphatic rings. The van der Waals surface area contributed by atoms with Crippen LogP contribution in [-0.2, 0) is 14.3 Å². The molecule has 0 heterocycles. The maximum Gasteiger partial charge on any atom is 0.247 e. The number of hydrogen-bond donors (Lipinski definition) is 3. The Morgan fingerprint density at radius 2 is 1.33 bits per heavy atom. The standard InChI is InChI=1S/C39H64N4O3/c1-5-8-9-10-11-12-13-14-15-16-17-18-19-20-21-22-23-24-25-26-38(44)41-27-29-43(4)30-28-42-39(45)34-31-35(40)33-37(32-34)46-36(6-2)7-3/h8-9,11-12,14-15,17-18,20-21,23-24,32,35-37H,5-7,10,13,16,19,22,25-31,33,40H2,1-4H3,(H,41,44)(H,42,45)/b9-8-,12-11-,15-14-,18-17-,21-20-,24-23-. The molecule has 0 aromatic heterocycles. The first kappa shape index (κ1) is 41.0. The number of hydrogen-bond acceptors (Lipinski definition) is 5. The summed E-state index contributed by atoms with van der Waals surface area (Å²) in [6, 6.07) is -0.0595. The molecular weight excluding hydrogens is 572 g/mol. The second-order valence-corrected chi connectivity index (χ2v) is 11.9. The summed E-state index contributed by atoms with van der Waals surface area (Å²) in [4.78, 5) is 27.0. The highest BCUT2D eigenvalue weighted by Gasteiger charge is 2.25. The lowest BCUT2D eigenvalue weighted by atomic mass is 9.92. The van der Waals surface area contributed by atoms with Crippen LogP contribution in [-0.4, -0.2) is 68.2 Å². The van der Waals surface area contributed by atoms with Gasteiger partial charge in [0.2, 0.25) is 11.8 Å². The molecule has 258 valence electrons. The third-order valence-corrected chi connectivity index (χ3v) is 7.70. The van der Waals surface area contributed by atoms with Crippen molar-refractivity contribution >= 4 is 11.8 Å². The van der Waals surface area contributed by atoms with E-state index in [0.29, 0.717) is 32.5 Å². The monoisotopic (exact) mass is 636 g/mol. The van der Waals surface area contributed by atoms with E-state index in [1.165, 1.54) is 0 Å². The third kappa shape index (κ3) is 22.5. The van der Waals surface area contributed by atoms with Gasteiger partial charge in [0.15, 0.2) is 0 Å². The van der Waals surface area contributed by atoms with Crippen molar-refractivity contribution < 1.29 is 14.3 Å². The lowest BCUT2D eigenvalue weighted by Crippen LogP contribution is -2.40. The SMILES string of the molecule is CC/C=C\C/C=C\C/C=C\C/C=C\C/C=C\C/C=C\CCC(=O)NCCN(C)CCNC(=O)C1=CC(OC(CC)CC)CC(N)C1. The van der Waals surface area contributed by atoms with Gasteiger partial charge in [0.25, 0.3) is 0 Å². The maximum atomic E-state index is 12.7. The van der Waals surface area contributed by atoms with E-state index < -0.39 is 0 Å². The van der Waals surface area contributed by atoms with Crippen LogP contribution in [0.25, 0.3) is 0 Å². The van der Waals surface area contributed by atoms with Crippen molar-refractivity contribution in [1.29, 1.82) is 0 Å². The second kappa shape index (κ2) is 28.2. The third-order valence-electron chi connectivity index (χ3n) is 7.70. The van der Waals surface area contributed by atoms with Crippen molar-refractivity contribution in [3.05, 3.63) is 84.6 Å². The fraction of sp³-hybridized carbons (Fsp3) is 0.590. The molecule has 0 spiro atoms. The zero-order chi connectivity index (χ0) is 33.7. The van der Waals surface area contributed by atoms with Crippen molar-refractivity contribution in [1.82, 2.24) is 15.5 Å². The van der Waals surface area contributed by atoms with E-state index in [-0.39, 0.29) is 30.1 Å². The number of nitrogens with one attached hydrogen (secondary N) is 2. The van der Waals surface area contributed by atoms with Gasteiger partial charge in [0.05, 0.1) is 12.2 Å². The predicted molar refractivity (Wildman–Crippen MR) is 196 cm³/mol. The molecule has 7 nitrogen and oxygen atoms in total. The Balaban J connectivity index is 2.08. The molecule has 2 unspecified atom stereocenters. The van der Waals surface area contributed by atoms with Crippen molar-refractivity contribution in [2.24, 2.45) is 5.73 Å². The molecule has 0 aromatic carbocycles. The van der Waals surface area contributed by atoms with Crippen LogP contribution >= 0.6 is 0 Å². The summed E-state index contributed by atoms with van der Waals surface area (Å²) in [5.74, 6) is -0.00337. The highest BCUT2D eigenvalue weighted by molar-refractivity contribution is 5.93. The van der Waals surface area contributed by atoms with Crippen LogP contribution in [0.4, 0.5) is 0 Å². The van der Waals surface area contributed by atoms with Crippen LogP contribution < -0.4 is 16.4 Å². The average Bonchev–Trinajstić information content (AvgIpc) is 3.04. The van der Waals surface area contributed by atoms with Crippen molar-refractivity contribution in [3.8, 4) is 0 Å². The molecule has 0 saturated carbocycles. The fourth-order valence-electron chi connectivity index (χ4n) is 4.93. The molecule has 0 fully saturated rings. The Labute approximate surface area is 280 Å². The van der Waals surface area contributed by atoms with Crippen LogP contribution in [0.3, 0.4) is 0 Å². The van der Waals surface area contributed by atoms with E-state index in [0.717, 1.165) is 76.3 Å². The number of likely N-dealkylation sites (N-methyl/N-ethyl adjacent to an activating group) is 1. The Bertz CT molecular complexity index is 1020. The van der Waals surface area contributed by atoms with Crippen molar-refractivity contribution in [2.45, 2.75) is 116 Å². The van der Waals surface area contributed by atoms with Gasteiger partial charge in [-0.1, -0.05) is 93.7 Å². The summed E-state index contributed by atoms with van der Waals surface area (Å²) in [5, 5.41) is 6.00. The predicted octanol–water partition coefficient (Wildman–Crippen LogP) is 7.25. The number of carbonyl (C=O) groups is 2. The van der Waals surface area contributed by atoms with Gasteiger partial charge in [-0.2, -0.15) is 0 Å². The smallest absolute Gasteiger partial charge is 0.247 e. The van der Waals surface area contributed by atoms with Gasteiger partial charge in [-0.25, -0.2) is 0 Å². The average molecular weight is 637 g/mol. The Morgan fingerprint density at radius 3 is 1.85 bits per heavy atom. The van der Waals surface area contributed by atoms with E-state index in [9.17, 15) is 9.59 Å². The molecule has 0 bridgehead atoms. The minimum absolute atomic E-state index is 0.0595. The number of rotatable bonds is 25. The van der Waals surface area contributed by atoms with Crippen LogP contribution in [0.1, 0.15) is 97.8 Å². The zero-order valence-corrected chi connectivity index (χ0v) is 29.3. The summed E-state index contributed by atoms with van der Waals surface area (Å²) >= 11 is 0. The van der Waals surface area contributed by atoms with Gasteiger partial charge < -0.3 is 26.0 Å². The first-order chi connectivity index (χ1) is 22.4. The van der Waals surface area contributed by atoms with Crippen LogP contribution in [0.5, 0.6) is 0 Å². The first-order valence-corrected chi connectivity index (χ1v) is 17.6. The van der Waals surface area contributed by atoms with Crippen LogP contribution in [0, 0.1) is 0 Å². The fourth-order valence-corrected chi connectivity index (χ4v) is 4.93. The van der Waals surface area contributed by atoms with E-state index in [1.807, 2.05) is 13.1 Å². The molecule has 4 N–H and O–H groups in total. The molecule has 1 aliphatic carbocycles. The van der Waals surface area contributed by atoms with Gasteiger partial charge in [-0.15, -0.1) is 0 Å². The molecule has 1 rings (SSSR count). The maximum absolute atomic E-state index is 12.7. The van der Waals surface area contributed by atoms with Crippen molar-refractivity contribution in [3.63, 3.8) is 0 Å². The van der Waals surface area contributed by atoms with E-state index in [1.54, 1.807) is 0 Å². The molecule has 2 amide bonds. The van der Waals surface area contributed by atoms with Gasteiger partial charge >= 0.3 is 0 Å². The van der Waals surface area contributed by atoms with Gasteiger partial charge in [-0.05, 0) is 83.8 Å². The highest BCUT2D eigenvalue weighted by Crippen LogP contribution is 2.22. The number of carbonyl (C=O) groups excluding carboxylic acids is 2. The lowest BCUT2D eigenvalue weighted by Gasteiger charge is -2.29. The largest absolute Gasteiger partial charge is 0.371 e. The van der Waals surface area contributed by atoms with E-state index in [2.05, 4.69) is 109 Å². The number of ether oxygens (including phenoxy) is 1. The molecule has 46 heavy (non-hydrogen) atoms. The number of nitrogens with zero attached hydrogens (tertiary/aromatic N) is 1. The van der Waals surface area contributed by atoms with Gasteiger partial charge in [0.1, 0.15) is 0 Å². The lowest BCUT2D eigenvalue weighted by molar-refractivity contribution is -0.121. The number of nitrogens with two attached hydrogens (primary N) is 1. The molecule has 0 aliphatic heterocycles. The number of amides is 2. The summed E-state index contributed by atoms with van der Waals surface area (Å²) in [7, 11) is 1.99. The Morgan fingerprint density at radius 1 is 0.826 bits per heavy atom. The first-order valence-electron chi connectivity index (χ1n) is 17.6. The molecular formula is C39H64N4O3. The van der Waals surface area contributed by atoms with E-state index in [4.69, 9.17) is 10.5 Å². The molecule has 2 atom stereocenters. The zero-order valence-electron chi connectivity index (χ0n) is 29.3. The van der Waals surface area contributed by atoms with Gasteiger partial charge in [0, 0.05) is 44.2 Å². The highest BCUT2D eigenvalue weighted by atomic mass is 16.5. The van der Waals surface area contributed by atoms with Crippen LogP contribution in [0.2, 0.25) is 0 Å². The van der Waals surface area contributed by atoms with Crippen LogP contribution in [0.15, 0.2) is 84.6 Å². The quantitative estimate of drug-likeness (QED) is 0.0918. The Kier molecular flexibility index (Phi) is 25.2.